The Bertz CT molecular complexity index is 497. The van der Waals surface area contributed by atoms with Gasteiger partial charge in [-0.15, -0.1) is 0 Å². The van der Waals surface area contributed by atoms with Crippen molar-refractivity contribution >= 4 is 15.6 Å². The van der Waals surface area contributed by atoms with Gasteiger partial charge < -0.3 is 4.90 Å². The maximum atomic E-state index is 11.8. The predicted octanol–water partition coefficient (Wildman–Crippen LogP) is 1.63. The highest BCUT2D eigenvalue weighted by Gasteiger charge is 2.08. The molecule has 0 aromatic heterocycles. The molecule has 0 unspecified atom stereocenters. The topological polar surface area (TPSA) is 54.5 Å². The molecule has 0 N–H and O–H groups in total. The molecule has 0 spiro atoms. The summed E-state index contributed by atoms with van der Waals surface area (Å²) in [5.74, 6) is 0.299. The van der Waals surface area contributed by atoms with Crippen LogP contribution in [0.4, 0.5) is 0 Å². The molecular weight excluding hydrogens is 262 g/mol. The van der Waals surface area contributed by atoms with Crippen LogP contribution in [-0.4, -0.2) is 51.2 Å². The molecule has 0 bridgehead atoms. The fraction of sp³-hybridized carbons (Fsp3) is 0.500. The van der Waals surface area contributed by atoms with Crippen LogP contribution in [0.3, 0.4) is 0 Å². The van der Waals surface area contributed by atoms with E-state index in [1.165, 1.54) is 6.26 Å². The first kappa shape index (κ1) is 15.9. The molecule has 106 valence electrons. The van der Waals surface area contributed by atoms with E-state index in [4.69, 9.17) is 0 Å². The van der Waals surface area contributed by atoms with Crippen molar-refractivity contribution in [1.29, 1.82) is 0 Å². The molecule has 1 aromatic carbocycles. The Kier molecular flexibility index (Phi) is 6.18. The van der Waals surface area contributed by atoms with Crippen molar-refractivity contribution in [3.8, 4) is 0 Å². The van der Waals surface area contributed by atoms with E-state index < -0.39 is 9.84 Å². The van der Waals surface area contributed by atoms with Crippen molar-refractivity contribution in [2.24, 2.45) is 0 Å². The zero-order chi connectivity index (χ0) is 14.3. The van der Waals surface area contributed by atoms with Gasteiger partial charge in [0.15, 0.2) is 5.78 Å². The lowest BCUT2D eigenvalue weighted by molar-refractivity contribution is 0.0976. The Balaban J connectivity index is 2.25. The van der Waals surface area contributed by atoms with Crippen molar-refractivity contribution in [1.82, 2.24) is 4.90 Å². The molecule has 4 nitrogen and oxygen atoms in total. The molecule has 0 atom stereocenters. The summed E-state index contributed by atoms with van der Waals surface area (Å²) in [6, 6.07) is 9.22. The van der Waals surface area contributed by atoms with Gasteiger partial charge in [-0.1, -0.05) is 30.3 Å². The Hall–Kier alpha value is -1.20. The van der Waals surface area contributed by atoms with E-state index in [2.05, 4.69) is 0 Å². The Morgan fingerprint density at radius 2 is 1.79 bits per heavy atom. The molecule has 1 aromatic rings. The molecule has 0 saturated carbocycles. The van der Waals surface area contributed by atoms with Gasteiger partial charge in [0.2, 0.25) is 0 Å². The second-order valence-corrected chi connectivity index (χ2v) is 7.09. The minimum atomic E-state index is -2.91. The summed E-state index contributed by atoms with van der Waals surface area (Å²) in [6.45, 7) is 1.24. The molecule has 0 heterocycles. The highest BCUT2D eigenvalue weighted by Crippen LogP contribution is 2.05. The lowest BCUT2D eigenvalue weighted by Gasteiger charge is -2.15. The van der Waals surface area contributed by atoms with Crippen LogP contribution in [0, 0.1) is 0 Å². The van der Waals surface area contributed by atoms with Gasteiger partial charge in [-0.05, 0) is 20.0 Å². The zero-order valence-electron chi connectivity index (χ0n) is 11.5. The predicted molar refractivity (Wildman–Crippen MR) is 77.2 cm³/mol. The standard InChI is InChI=1S/C14H21NO3S/c1-15(11-12-19(2,17)18)10-6-9-14(16)13-7-4-3-5-8-13/h3-5,7-8H,6,9-12H2,1-2H3. The molecule has 0 saturated heterocycles. The third-order valence-corrected chi connectivity index (χ3v) is 3.81. The molecule has 0 aliphatic carbocycles. The summed E-state index contributed by atoms with van der Waals surface area (Å²) < 4.78 is 22.0. The fourth-order valence-electron chi connectivity index (χ4n) is 1.71. The van der Waals surface area contributed by atoms with E-state index in [9.17, 15) is 13.2 Å². The molecule has 0 amide bonds. The summed E-state index contributed by atoms with van der Waals surface area (Å²) in [6.07, 6.45) is 2.47. The van der Waals surface area contributed by atoms with E-state index in [1.54, 1.807) is 0 Å². The number of sulfone groups is 1. The van der Waals surface area contributed by atoms with Crippen molar-refractivity contribution < 1.29 is 13.2 Å². The van der Waals surface area contributed by atoms with Crippen LogP contribution in [0.5, 0.6) is 0 Å². The summed E-state index contributed by atoms with van der Waals surface area (Å²) in [5.41, 5.74) is 0.737. The van der Waals surface area contributed by atoms with E-state index in [0.29, 0.717) is 13.0 Å². The van der Waals surface area contributed by atoms with Gasteiger partial charge in [-0.2, -0.15) is 0 Å². The van der Waals surface area contributed by atoms with Crippen LogP contribution in [0.2, 0.25) is 0 Å². The van der Waals surface area contributed by atoms with E-state index in [1.807, 2.05) is 42.3 Å². The van der Waals surface area contributed by atoms with E-state index in [-0.39, 0.29) is 11.5 Å². The van der Waals surface area contributed by atoms with Gasteiger partial charge in [0.05, 0.1) is 5.75 Å². The maximum Gasteiger partial charge on any atom is 0.162 e. The number of hydrogen-bond acceptors (Lipinski definition) is 4. The molecule has 19 heavy (non-hydrogen) atoms. The summed E-state index contributed by atoms with van der Waals surface area (Å²) in [5, 5.41) is 0. The highest BCUT2D eigenvalue weighted by atomic mass is 32.2. The van der Waals surface area contributed by atoms with Crippen LogP contribution in [-0.2, 0) is 9.84 Å². The van der Waals surface area contributed by atoms with Crippen LogP contribution in [0.15, 0.2) is 30.3 Å². The number of Topliss-reactive ketones (excluding diaryl/α,β-unsaturated/α-hetero) is 1. The lowest BCUT2D eigenvalue weighted by Crippen LogP contribution is -2.26. The average Bonchev–Trinajstić information content (AvgIpc) is 2.36. The second-order valence-electron chi connectivity index (χ2n) is 4.83. The first-order chi connectivity index (χ1) is 8.88. The van der Waals surface area contributed by atoms with Crippen molar-refractivity contribution in [2.75, 3.05) is 32.1 Å². The fourth-order valence-corrected chi connectivity index (χ4v) is 2.35. The van der Waals surface area contributed by atoms with Crippen LogP contribution in [0.1, 0.15) is 23.2 Å². The van der Waals surface area contributed by atoms with Gasteiger partial charge >= 0.3 is 0 Å². The Labute approximate surface area is 115 Å². The summed E-state index contributed by atoms with van der Waals surface area (Å²) >= 11 is 0. The van der Waals surface area contributed by atoms with Gasteiger partial charge in [0, 0.05) is 24.8 Å². The minimum absolute atomic E-state index is 0.136. The molecular formula is C14H21NO3S. The first-order valence-corrected chi connectivity index (χ1v) is 8.39. The third kappa shape index (κ3) is 7.08. The highest BCUT2D eigenvalue weighted by molar-refractivity contribution is 7.90. The zero-order valence-corrected chi connectivity index (χ0v) is 12.3. The maximum absolute atomic E-state index is 11.8. The Morgan fingerprint density at radius 1 is 1.16 bits per heavy atom. The second kappa shape index (κ2) is 7.40. The molecule has 0 aliphatic heterocycles. The average molecular weight is 283 g/mol. The quantitative estimate of drug-likeness (QED) is 0.680. The summed E-state index contributed by atoms with van der Waals surface area (Å²) in [4.78, 5) is 13.8. The number of ketones is 1. The number of nitrogens with zero attached hydrogens (tertiary/aromatic N) is 1. The van der Waals surface area contributed by atoms with Gasteiger partial charge in [0.25, 0.3) is 0 Å². The van der Waals surface area contributed by atoms with E-state index in [0.717, 1.165) is 18.5 Å². The van der Waals surface area contributed by atoms with Crippen LogP contribution >= 0.6 is 0 Å². The number of carbonyl (C=O) groups is 1. The number of rotatable bonds is 8. The molecule has 0 radical (unpaired) electrons. The van der Waals surface area contributed by atoms with Crippen molar-refractivity contribution in [2.45, 2.75) is 12.8 Å². The van der Waals surface area contributed by atoms with Gasteiger partial charge in [-0.25, -0.2) is 8.42 Å². The number of hydrogen-bond donors (Lipinski definition) is 0. The largest absolute Gasteiger partial charge is 0.305 e. The number of carbonyl (C=O) groups excluding carboxylic acids is 1. The minimum Gasteiger partial charge on any atom is -0.305 e. The van der Waals surface area contributed by atoms with Gasteiger partial charge in [-0.3, -0.25) is 4.79 Å². The van der Waals surface area contributed by atoms with E-state index >= 15 is 0 Å². The van der Waals surface area contributed by atoms with Crippen LogP contribution in [0.25, 0.3) is 0 Å². The smallest absolute Gasteiger partial charge is 0.162 e. The monoisotopic (exact) mass is 283 g/mol. The first-order valence-electron chi connectivity index (χ1n) is 6.33. The van der Waals surface area contributed by atoms with Crippen molar-refractivity contribution in [3.63, 3.8) is 0 Å². The van der Waals surface area contributed by atoms with Crippen molar-refractivity contribution in [3.05, 3.63) is 35.9 Å². The third-order valence-electron chi connectivity index (χ3n) is 2.88. The van der Waals surface area contributed by atoms with Crippen LogP contribution < -0.4 is 0 Å². The molecule has 0 fully saturated rings. The molecule has 5 heteroatoms. The molecule has 1 rings (SSSR count). The molecule has 0 aliphatic rings. The Morgan fingerprint density at radius 3 is 2.37 bits per heavy atom. The summed E-state index contributed by atoms with van der Waals surface area (Å²) in [7, 11) is -1.04. The SMILES string of the molecule is CN(CCCC(=O)c1ccccc1)CCS(C)(=O)=O. The number of benzene rings is 1. The normalized spacial score (nSPS) is 11.7. The lowest BCUT2D eigenvalue weighted by atomic mass is 10.1. The van der Waals surface area contributed by atoms with Gasteiger partial charge in [0.1, 0.15) is 9.84 Å².